The summed E-state index contributed by atoms with van der Waals surface area (Å²) in [6, 6.07) is 25.2. The van der Waals surface area contributed by atoms with Crippen molar-refractivity contribution < 1.29 is 9.59 Å². The van der Waals surface area contributed by atoms with Crippen LogP contribution in [0.5, 0.6) is 0 Å². The van der Waals surface area contributed by atoms with Crippen LogP contribution in [0.1, 0.15) is 22.5 Å². The molecule has 8 heteroatoms. The Morgan fingerprint density at radius 3 is 2.31 bits per heavy atom. The lowest BCUT2D eigenvalue weighted by atomic mass is 10.1. The smallest absolute Gasteiger partial charge is 0.232 e. The Balaban J connectivity index is 1.46. The molecule has 0 radical (unpaired) electrons. The highest BCUT2D eigenvalue weighted by molar-refractivity contribution is 7.99. The van der Waals surface area contributed by atoms with E-state index in [1.54, 1.807) is 0 Å². The van der Waals surface area contributed by atoms with Crippen LogP contribution < -0.4 is 10.6 Å². The molecule has 1 aromatic heterocycles. The van der Waals surface area contributed by atoms with Crippen LogP contribution in [0.4, 0.5) is 5.69 Å². The number of hydrogen-bond acceptors (Lipinski definition) is 5. The van der Waals surface area contributed by atoms with Gasteiger partial charge in [0.05, 0.1) is 12.2 Å². The van der Waals surface area contributed by atoms with Gasteiger partial charge in [-0.25, -0.2) is 0 Å². The highest BCUT2D eigenvalue weighted by atomic mass is 32.2. The number of carbonyl (C=O) groups excluding carboxylic acids is 2. The maximum Gasteiger partial charge on any atom is 0.232 e. The summed E-state index contributed by atoms with van der Waals surface area (Å²) in [5, 5.41) is 15.0. The van der Waals surface area contributed by atoms with Crippen molar-refractivity contribution >= 4 is 29.3 Å². The first-order valence-corrected chi connectivity index (χ1v) is 12.3. The van der Waals surface area contributed by atoms with Gasteiger partial charge >= 0.3 is 0 Å². The van der Waals surface area contributed by atoms with Crippen molar-refractivity contribution in [3.05, 3.63) is 101 Å². The molecule has 4 rings (SSSR count). The molecule has 35 heavy (non-hydrogen) atoms. The molecule has 0 aliphatic heterocycles. The lowest BCUT2D eigenvalue weighted by molar-refractivity contribution is -0.118. The predicted molar refractivity (Wildman–Crippen MR) is 139 cm³/mol. The standard InChI is InChI=1S/C27H27N5O2S/c1-19-13-14-23(20(2)15-19)29-25(33)16-24-30-31-27(32(24)22-11-7-4-8-12-22)35-18-26(34)28-17-21-9-5-3-6-10-21/h3-15H,16-18H2,1-2H3,(H,28,34)(H,29,33). The lowest BCUT2D eigenvalue weighted by Crippen LogP contribution is -2.24. The highest BCUT2D eigenvalue weighted by Gasteiger charge is 2.18. The van der Waals surface area contributed by atoms with Crippen molar-refractivity contribution in [2.45, 2.75) is 32.0 Å². The summed E-state index contributed by atoms with van der Waals surface area (Å²) < 4.78 is 1.83. The number of thioether (sulfide) groups is 1. The van der Waals surface area contributed by atoms with E-state index < -0.39 is 0 Å². The Morgan fingerprint density at radius 1 is 0.886 bits per heavy atom. The Kier molecular flexibility index (Phi) is 7.95. The first kappa shape index (κ1) is 24.2. The van der Waals surface area contributed by atoms with Crippen LogP contribution in [0.2, 0.25) is 0 Å². The Morgan fingerprint density at radius 2 is 1.60 bits per heavy atom. The fraction of sp³-hybridized carbons (Fsp3) is 0.185. The summed E-state index contributed by atoms with van der Waals surface area (Å²) in [7, 11) is 0. The highest BCUT2D eigenvalue weighted by Crippen LogP contribution is 2.23. The number of aryl methyl sites for hydroxylation is 2. The third kappa shape index (κ3) is 6.58. The second-order valence-electron chi connectivity index (χ2n) is 8.16. The molecule has 1 heterocycles. The zero-order valence-electron chi connectivity index (χ0n) is 19.7. The van der Waals surface area contributed by atoms with Crippen molar-refractivity contribution in [3.8, 4) is 5.69 Å². The third-order valence-electron chi connectivity index (χ3n) is 5.35. The van der Waals surface area contributed by atoms with Gasteiger partial charge in [0, 0.05) is 17.9 Å². The van der Waals surface area contributed by atoms with Crippen LogP contribution in [0.15, 0.2) is 84.0 Å². The molecule has 2 N–H and O–H groups in total. The van der Waals surface area contributed by atoms with E-state index in [2.05, 4.69) is 20.8 Å². The van der Waals surface area contributed by atoms with Gasteiger partial charge < -0.3 is 10.6 Å². The maximum absolute atomic E-state index is 12.8. The molecule has 0 fully saturated rings. The molecule has 0 aliphatic carbocycles. The number of nitrogens with zero attached hydrogens (tertiary/aromatic N) is 3. The number of nitrogens with one attached hydrogen (secondary N) is 2. The van der Waals surface area contributed by atoms with Gasteiger partial charge in [-0.2, -0.15) is 0 Å². The zero-order valence-corrected chi connectivity index (χ0v) is 20.5. The molecule has 2 amide bonds. The Labute approximate surface area is 209 Å². The van der Waals surface area contributed by atoms with Gasteiger partial charge in [-0.3, -0.25) is 14.2 Å². The van der Waals surface area contributed by atoms with Gasteiger partial charge in [-0.05, 0) is 43.2 Å². The van der Waals surface area contributed by atoms with Crippen molar-refractivity contribution in [3.63, 3.8) is 0 Å². The molecular formula is C27H27N5O2S. The van der Waals surface area contributed by atoms with Gasteiger partial charge in [0.25, 0.3) is 0 Å². The summed E-state index contributed by atoms with van der Waals surface area (Å²) in [5.41, 5.74) is 4.78. The molecule has 3 aromatic carbocycles. The maximum atomic E-state index is 12.8. The number of para-hydroxylation sites is 1. The van der Waals surface area contributed by atoms with E-state index in [9.17, 15) is 9.59 Å². The zero-order chi connectivity index (χ0) is 24.6. The van der Waals surface area contributed by atoms with Crippen LogP contribution in [0.3, 0.4) is 0 Å². The molecule has 0 saturated carbocycles. The summed E-state index contributed by atoms with van der Waals surface area (Å²) in [5.74, 6) is 0.409. The van der Waals surface area contributed by atoms with Crippen molar-refractivity contribution in [1.82, 2.24) is 20.1 Å². The van der Waals surface area contributed by atoms with Gasteiger partial charge in [-0.15, -0.1) is 10.2 Å². The van der Waals surface area contributed by atoms with Crippen molar-refractivity contribution in [2.75, 3.05) is 11.1 Å². The number of anilines is 1. The summed E-state index contributed by atoms with van der Waals surface area (Å²) in [6.07, 6.45) is 0.0516. The molecular weight excluding hydrogens is 458 g/mol. The second kappa shape index (κ2) is 11.5. The van der Waals surface area contributed by atoms with Gasteiger partial charge in [0.2, 0.25) is 11.8 Å². The van der Waals surface area contributed by atoms with E-state index >= 15 is 0 Å². The number of hydrogen-bond donors (Lipinski definition) is 2. The topological polar surface area (TPSA) is 88.9 Å². The molecule has 7 nitrogen and oxygen atoms in total. The molecule has 0 spiro atoms. The fourth-order valence-electron chi connectivity index (χ4n) is 3.61. The first-order chi connectivity index (χ1) is 17.0. The number of amides is 2. The van der Waals surface area contributed by atoms with E-state index in [0.717, 1.165) is 28.1 Å². The minimum atomic E-state index is -0.182. The molecule has 0 saturated heterocycles. The summed E-state index contributed by atoms with van der Waals surface area (Å²) in [4.78, 5) is 25.3. The van der Waals surface area contributed by atoms with E-state index in [0.29, 0.717) is 17.5 Å². The Hall–Kier alpha value is -3.91. The monoisotopic (exact) mass is 485 g/mol. The third-order valence-corrected chi connectivity index (χ3v) is 6.28. The lowest BCUT2D eigenvalue weighted by Gasteiger charge is -2.12. The minimum absolute atomic E-state index is 0.0516. The minimum Gasteiger partial charge on any atom is -0.351 e. The van der Waals surface area contributed by atoms with Crippen molar-refractivity contribution in [1.29, 1.82) is 0 Å². The fourth-order valence-corrected chi connectivity index (χ4v) is 4.41. The molecule has 0 atom stereocenters. The quantitative estimate of drug-likeness (QED) is 0.342. The average molecular weight is 486 g/mol. The van der Waals surface area contributed by atoms with Crippen molar-refractivity contribution in [2.24, 2.45) is 0 Å². The predicted octanol–water partition coefficient (Wildman–Crippen LogP) is 4.47. The average Bonchev–Trinajstić information content (AvgIpc) is 3.26. The number of benzene rings is 3. The number of carbonyl (C=O) groups is 2. The largest absolute Gasteiger partial charge is 0.351 e. The van der Waals surface area contributed by atoms with Crippen LogP contribution in [-0.2, 0) is 22.6 Å². The number of aromatic nitrogens is 3. The van der Waals surface area contributed by atoms with Gasteiger partial charge in [0.1, 0.15) is 5.82 Å². The molecule has 178 valence electrons. The van der Waals surface area contributed by atoms with Crippen LogP contribution in [0, 0.1) is 13.8 Å². The molecule has 0 unspecified atom stereocenters. The van der Waals surface area contributed by atoms with Gasteiger partial charge in [0.15, 0.2) is 5.16 Å². The van der Waals surface area contributed by atoms with E-state index in [1.165, 1.54) is 11.8 Å². The SMILES string of the molecule is Cc1ccc(NC(=O)Cc2nnc(SCC(=O)NCc3ccccc3)n2-c2ccccc2)c(C)c1. The Bertz CT molecular complexity index is 1310. The van der Waals surface area contributed by atoms with E-state index in [-0.39, 0.29) is 24.0 Å². The molecule has 4 aromatic rings. The van der Waals surface area contributed by atoms with E-state index in [4.69, 9.17) is 0 Å². The summed E-state index contributed by atoms with van der Waals surface area (Å²) in [6.45, 7) is 4.45. The normalized spacial score (nSPS) is 10.7. The van der Waals surface area contributed by atoms with Crippen LogP contribution in [-0.4, -0.2) is 32.3 Å². The van der Waals surface area contributed by atoms with Crippen LogP contribution in [0.25, 0.3) is 5.69 Å². The molecule has 0 aliphatic rings. The molecule has 0 bridgehead atoms. The summed E-state index contributed by atoms with van der Waals surface area (Å²) >= 11 is 1.29. The van der Waals surface area contributed by atoms with Gasteiger partial charge in [-0.1, -0.05) is 78.0 Å². The van der Waals surface area contributed by atoms with Crippen LogP contribution >= 0.6 is 11.8 Å². The first-order valence-electron chi connectivity index (χ1n) is 11.3. The number of rotatable bonds is 9. The van der Waals surface area contributed by atoms with E-state index in [1.807, 2.05) is 97.3 Å². The second-order valence-corrected chi connectivity index (χ2v) is 9.11.